The fourth-order valence-corrected chi connectivity index (χ4v) is 4.83. The number of allylic oxidation sites excluding steroid dienone is 2. The minimum atomic E-state index is -5.65. The molecule has 2 aliphatic rings. The van der Waals surface area contributed by atoms with Gasteiger partial charge < -0.3 is 4.18 Å². The summed E-state index contributed by atoms with van der Waals surface area (Å²) in [6.45, 7) is 0. The molecule has 0 saturated heterocycles. The molecule has 0 amide bonds. The van der Waals surface area contributed by atoms with E-state index in [9.17, 15) is 21.6 Å². The van der Waals surface area contributed by atoms with Crippen molar-refractivity contribution in [2.24, 2.45) is 5.41 Å². The van der Waals surface area contributed by atoms with Crippen molar-refractivity contribution in [3.05, 3.63) is 47.7 Å². The highest BCUT2D eigenvalue weighted by atomic mass is 32.2. The van der Waals surface area contributed by atoms with Crippen LogP contribution in [0.25, 0.3) is 0 Å². The largest absolute Gasteiger partial charge is 0.534 e. The van der Waals surface area contributed by atoms with Gasteiger partial charge in [-0.25, -0.2) is 0 Å². The van der Waals surface area contributed by atoms with Crippen molar-refractivity contribution in [1.29, 1.82) is 0 Å². The first-order valence-corrected chi connectivity index (χ1v) is 9.93. The first kappa shape index (κ1) is 18.3. The van der Waals surface area contributed by atoms with Crippen LogP contribution in [-0.4, -0.2) is 13.9 Å². The standard InChI is InChI=1S/C18H21F3O3S/c19-18(20,21)25(22,23)24-16-11-5-7-13-17(16)12-6-4-10-15(17)14-8-2-1-3-9-14/h1-3,8-9,11,15H,4-7,10,12-13H2. The molecule has 0 N–H and O–H groups in total. The Morgan fingerprint density at radius 2 is 1.72 bits per heavy atom. The predicted octanol–water partition coefficient (Wildman–Crippen LogP) is 5.26. The van der Waals surface area contributed by atoms with Gasteiger partial charge in [-0.3, -0.25) is 0 Å². The number of rotatable bonds is 3. The van der Waals surface area contributed by atoms with E-state index in [-0.39, 0.29) is 11.7 Å². The molecule has 0 heterocycles. The Kier molecular flexibility index (Phi) is 4.88. The van der Waals surface area contributed by atoms with Gasteiger partial charge in [-0.2, -0.15) is 21.6 Å². The lowest BCUT2D eigenvalue weighted by molar-refractivity contribution is -0.0544. The Morgan fingerprint density at radius 3 is 2.40 bits per heavy atom. The zero-order valence-corrected chi connectivity index (χ0v) is 14.6. The lowest BCUT2D eigenvalue weighted by atomic mass is 9.59. The third-order valence-corrected chi connectivity index (χ3v) is 6.33. The zero-order chi connectivity index (χ0) is 18.1. The van der Waals surface area contributed by atoms with Gasteiger partial charge in [0.05, 0.1) is 0 Å². The summed E-state index contributed by atoms with van der Waals surface area (Å²) in [5.74, 6) is -0.0398. The number of halogens is 3. The lowest BCUT2D eigenvalue weighted by Gasteiger charge is -2.47. The van der Waals surface area contributed by atoms with E-state index in [1.807, 2.05) is 30.3 Å². The van der Waals surface area contributed by atoms with Gasteiger partial charge in [0.2, 0.25) is 0 Å². The summed E-state index contributed by atoms with van der Waals surface area (Å²) in [6.07, 6.45) is 6.84. The summed E-state index contributed by atoms with van der Waals surface area (Å²) in [5.41, 5.74) is -5.05. The maximum atomic E-state index is 12.8. The molecule has 7 heteroatoms. The average molecular weight is 374 g/mol. The van der Waals surface area contributed by atoms with Gasteiger partial charge in [-0.15, -0.1) is 0 Å². The molecule has 3 rings (SSSR count). The van der Waals surface area contributed by atoms with Crippen LogP contribution in [0.5, 0.6) is 0 Å². The third kappa shape index (κ3) is 3.43. The van der Waals surface area contributed by atoms with Crippen molar-refractivity contribution in [3.8, 4) is 0 Å². The Hall–Kier alpha value is -1.50. The van der Waals surface area contributed by atoms with Crippen molar-refractivity contribution in [2.75, 3.05) is 0 Å². The van der Waals surface area contributed by atoms with E-state index in [0.29, 0.717) is 19.3 Å². The first-order chi connectivity index (χ1) is 11.8. The lowest BCUT2D eigenvalue weighted by Crippen LogP contribution is -2.39. The van der Waals surface area contributed by atoms with E-state index in [1.165, 1.54) is 0 Å². The molecule has 138 valence electrons. The molecule has 1 saturated carbocycles. The van der Waals surface area contributed by atoms with Crippen molar-refractivity contribution in [2.45, 2.75) is 56.4 Å². The van der Waals surface area contributed by atoms with Gasteiger partial charge in [0.25, 0.3) is 0 Å². The van der Waals surface area contributed by atoms with Gasteiger partial charge in [0.1, 0.15) is 5.76 Å². The summed E-state index contributed by atoms with van der Waals surface area (Å²) in [7, 11) is -5.65. The van der Waals surface area contributed by atoms with Crippen LogP contribution in [0.3, 0.4) is 0 Å². The number of hydrogen-bond donors (Lipinski definition) is 0. The highest BCUT2D eigenvalue weighted by Crippen LogP contribution is 2.57. The van der Waals surface area contributed by atoms with Crippen LogP contribution in [0.15, 0.2) is 42.2 Å². The van der Waals surface area contributed by atoms with Crippen LogP contribution in [0.4, 0.5) is 13.2 Å². The van der Waals surface area contributed by atoms with E-state index in [1.54, 1.807) is 6.08 Å². The van der Waals surface area contributed by atoms with E-state index < -0.39 is 21.0 Å². The van der Waals surface area contributed by atoms with E-state index in [4.69, 9.17) is 4.18 Å². The van der Waals surface area contributed by atoms with Crippen molar-refractivity contribution in [1.82, 2.24) is 0 Å². The number of alkyl halides is 3. The second-order valence-electron chi connectivity index (χ2n) is 6.81. The highest BCUT2D eigenvalue weighted by molar-refractivity contribution is 7.87. The minimum Gasteiger partial charge on any atom is -0.380 e. The fraction of sp³-hybridized carbons (Fsp3) is 0.556. The normalized spacial score (nSPS) is 27.8. The molecule has 2 aliphatic carbocycles. The molecule has 0 aromatic heterocycles. The number of hydrogen-bond acceptors (Lipinski definition) is 3. The highest BCUT2D eigenvalue weighted by Gasteiger charge is 2.53. The maximum absolute atomic E-state index is 12.8. The monoisotopic (exact) mass is 374 g/mol. The van der Waals surface area contributed by atoms with Crippen LogP contribution < -0.4 is 0 Å². The van der Waals surface area contributed by atoms with Crippen molar-refractivity contribution < 1.29 is 25.8 Å². The first-order valence-electron chi connectivity index (χ1n) is 8.53. The molecule has 0 bridgehead atoms. The molecule has 25 heavy (non-hydrogen) atoms. The number of benzene rings is 1. The Morgan fingerprint density at radius 1 is 1.04 bits per heavy atom. The molecule has 0 radical (unpaired) electrons. The molecule has 1 aromatic rings. The molecule has 3 nitrogen and oxygen atoms in total. The van der Waals surface area contributed by atoms with Crippen LogP contribution in [-0.2, 0) is 14.3 Å². The molecule has 2 atom stereocenters. The molecule has 1 aromatic carbocycles. The molecule has 0 aliphatic heterocycles. The van der Waals surface area contributed by atoms with Crippen LogP contribution in [0.2, 0.25) is 0 Å². The Bertz CT molecular complexity index is 741. The summed E-state index contributed by atoms with van der Waals surface area (Å²) >= 11 is 0. The van der Waals surface area contributed by atoms with Crippen LogP contribution in [0, 0.1) is 5.41 Å². The molecular formula is C18H21F3O3S. The molecule has 1 spiro atoms. The maximum Gasteiger partial charge on any atom is 0.534 e. The van der Waals surface area contributed by atoms with Crippen LogP contribution >= 0.6 is 0 Å². The Labute approximate surface area is 146 Å². The average Bonchev–Trinajstić information content (AvgIpc) is 2.57. The summed E-state index contributed by atoms with van der Waals surface area (Å²) in [5, 5.41) is 0. The van der Waals surface area contributed by atoms with Gasteiger partial charge in [0.15, 0.2) is 0 Å². The van der Waals surface area contributed by atoms with Gasteiger partial charge in [-0.05, 0) is 49.7 Å². The third-order valence-electron chi connectivity index (χ3n) is 5.37. The predicted molar refractivity (Wildman–Crippen MR) is 88.1 cm³/mol. The van der Waals surface area contributed by atoms with Gasteiger partial charge in [0, 0.05) is 5.41 Å². The Balaban J connectivity index is 2.01. The SMILES string of the molecule is O=S(=O)(OC1=CCCCC12CCCCC2c1ccccc1)C(F)(F)F. The second-order valence-corrected chi connectivity index (χ2v) is 8.35. The topological polar surface area (TPSA) is 43.4 Å². The second kappa shape index (κ2) is 6.67. The zero-order valence-electron chi connectivity index (χ0n) is 13.8. The van der Waals surface area contributed by atoms with Crippen LogP contribution in [0.1, 0.15) is 56.4 Å². The fourth-order valence-electron chi connectivity index (χ4n) is 4.26. The van der Waals surface area contributed by atoms with Crippen molar-refractivity contribution >= 4 is 10.1 Å². The van der Waals surface area contributed by atoms with E-state index >= 15 is 0 Å². The van der Waals surface area contributed by atoms with Gasteiger partial charge in [-0.1, -0.05) is 43.2 Å². The summed E-state index contributed by atoms with van der Waals surface area (Å²) in [4.78, 5) is 0. The minimum absolute atomic E-state index is 0.00960. The van der Waals surface area contributed by atoms with Crippen molar-refractivity contribution in [3.63, 3.8) is 0 Å². The summed E-state index contributed by atoms with van der Waals surface area (Å²) in [6, 6.07) is 9.61. The smallest absolute Gasteiger partial charge is 0.380 e. The van der Waals surface area contributed by atoms with Gasteiger partial charge >= 0.3 is 15.6 Å². The molecular weight excluding hydrogens is 353 g/mol. The quantitative estimate of drug-likeness (QED) is 0.535. The molecule has 1 fully saturated rings. The summed E-state index contributed by atoms with van der Waals surface area (Å²) < 4.78 is 66.4. The van der Waals surface area contributed by atoms with E-state index in [2.05, 4.69) is 0 Å². The van der Waals surface area contributed by atoms with E-state index in [0.717, 1.165) is 31.2 Å². The molecule has 2 unspecified atom stereocenters.